The molecule has 0 radical (unpaired) electrons. The number of carbonyl (C=O) groups excluding carboxylic acids is 1. The summed E-state index contributed by atoms with van der Waals surface area (Å²) in [5.74, 6) is 0.673. The lowest BCUT2D eigenvalue weighted by molar-refractivity contribution is -0.139. The summed E-state index contributed by atoms with van der Waals surface area (Å²) in [5, 5.41) is 0. The SMILES string of the molecule is CCCCOc1nc(N)c2ncn(CCOc3cccc(CC(=O)OC)c3)c2n1. The largest absolute Gasteiger partial charge is 0.492 e. The van der Waals surface area contributed by atoms with Gasteiger partial charge in [0.05, 0.1) is 33.0 Å². The van der Waals surface area contributed by atoms with Crippen LogP contribution in [0.1, 0.15) is 25.3 Å². The van der Waals surface area contributed by atoms with Crippen molar-refractivity contribution >= 4 is 23.0 Å². The van der Waals surface area contributed by atoms with Crippen LogP contribution in [0.3, 0.4) is 0 Å². The zero-order chi connectivity index (χ0) is 20.6. The second kappa shape index (κ2) is 9.72. The molecule has 154 valence electrons. The third-order valence-corrected chi connectivity index (χ3v) is 4.27. The number of imidazole rings is 1. The molecule has 9 nitrogen and oxygen atoms in total. The zero-order valence-electron chi connectivity index (χ0n) is 16.6. The Hall–Kier alpha value is -3.36. The number of fused-ring (bicyclic) bond motifs is 1. The first-order valence-corrected chi connectivity index (χ1v) is 9.50. The number of nitrogen functional groups attached to an aromatic ring is 1. The van der Waals surface area contributed by atoms with E-state index < -0.39 is 0 Å². The Morgan fingerprint density at radius 1 is 1.21 bits per heavy atom. The molecule has 0 aliphatic rings. The third kappa shape index (κ3) is 5.34. The number of rotatable bonds is 10. The number of carbonyl (C=O) groups is 1. The number of hydrogen-bond acceptors (Lipinski definition) is 8. The first-order valence-electron chi connectivity index (χ1n) is 9.50. The van der Waals surface area contributed by atoms with Crippen LogP contribution >= 0.6 is 0 Å². The van der Waals surface area contributed by atoms with Crippen molar-refractivity contribution in [3.63, 3.8) is 0 Å². The Kier molecular flexibility index (Phi) is 6.83. The molecule has 0 fully saturated rings. The van der Waals surface area contributed by atoms with Gasteiger partial charge < -0.3 is 24.5 Å². The van der Waals surface area contributed by atoms with E-state index >= 15 is 0 Å². The summed E-state index contributed by atoms with van der Waals surface area (Å²) in [6.07, 6.45) is 3.80. The lowest BCUT2D eigenvalue weighted by Gasteiger charge is -2.09. The van der Waals surface area contributed by atoms with E-state index in [4.69, 9.17) is 19.9 Å². The third-order valence-electron chi connectivity index (χ3n) is 4.27. The van der Waals surface area contributed by atoms with Crippen LogP contribution in [0.25, 0.3) is 11.2 Å². The maximum absolute atomic E-state index is 11.4. The van der Waals surface area contributed by atoms with Gasteiger partial charge >= 0.3 is 12.0 Å². The van der Waals surface area contributed by atoms with Gasteiger partial charge in [0.1, 0.15) is 12.4 Å². The Morgan fingerprint density at radius 2 is 2.07 bits per heavy atom. The van der Waals surface area contributed by atoms with Crippen LogP contribution in [-0.4, -0.2) is 45.8 Å². The summed E-state index contributed by atoms with van der Waals surface area (Å²) in [6, 6.07) is 7.61. The molecule has 0 atom stereocenters. The van der Waals surface area contributed by atoms with Crippen LogP contribution < -0.4 is 15.2 Å². The summed E-state index contributed by atoms with van der Waals surface area (Å²) in [5.41, 5.74) is 7.96. The molecule has 0 saturated carbocycles. The van der Waals surface area contributed by atoms with Crippen molar-refractivity contribution in [2.75, 3.05) is 26.1 Å². The summed E-state index contributed by atoms with van der Waals surface area (Å²) in [4.78, 5) is 24.3. The molecule has 9 heteroatoms. The average Bonchev–Trinajstić information content (AvgIpc) is 3.12. The van der Waals surface area contributed by atoms with Gasteiger partial charge in [0.2, 0.25) is 0 Å². The predicted molar refractivity (Wildman–Crippen MR) is 108 cm³/mol. The number of nitrogens with two attached hydrogens (primary N) is 1. The van der Waals surface area contributed by atoms with E-state index in [1.54, 1.807) is 6.33 Å². The van der Waals surface area contributed by atoms with E-state index in [0.717, 1.165) is 18.4 Å². The van der Waals surface area contributed by atoms with Crippen LogP contribution in [-0.2, 0) is 22.5 Å². The molecule has 0 aliphatic carbocycles. The van der Waals surface area contributed by atoms with Gasteiger partial charge in [-0.2, -0.15) is 9.97 Å². The first kappa shape index (κ1) is 20.4. The van der Waals surface area contributed by atoms with E-state index in [2.05, 4.69) is 21.9 Å². The van der Waals surface area contributed by atoms with Crippen molar-refractivity contribution in [2.45, 2.75) is 32.7 Å². The molecular weight excluding hydrogens is 374 g/mol. The Labute approximate surface area is 168 Å². The van der Waals surface area contributed by atoms with Gasteiger partial charge in [0.15, 0.2) is 17.0 Å². The van der Waals surface area contributed by atoms with Gasteiger partial charge in [-0.25, -0.2) is 4.98 Å². The fourth-order valence-corrected chi connectivity index (χ4v) is 2.73. The molecule has 3 aromatic rings. The van der Waals surface area contributed by atoms with E-state index in [-0.39, 0.29) is 24.2 Å². The van der Waals surface area contributed by atoms with Crippen molar-refractivity contribution in [1.82, 2.24) is 19.5 Å². The van der Waals surface area contributed by atoms with Gasteiger partial charge in [0.25, 0.3) is 0 Å². The number of unbranched alkanes of at least 4 members (excludes halogenated alkanes) is 1. The fraction of sp³-hybridized carbons (Fsp3) is 0.400. The highest BCUT2D eigenvalue weighted by molar-refractivity contribution is 5.81. The van der Waals surface area contributed by atoms with Crippen molar-refractivity contribution in [2.24, 2.45) is 0 Å². The Morgan fingerprint density at radius 3 is 2.86 bits per heavy atom. The molecular formula is C20H25N5O4. The van der Waals surface area contributed by atoms with Crippen LogP contribution in [0.15, 0.2) is 30.6 Å². The predicted octanol–water partition coefficient (Wildman–Crippen LogP) is 2.38. The molecule has 0 spiro atoms. The topological polar surface area (TPSA) is 114 Å². The Balaban J connectivity index is 1.65. The highest BCUT2D eigenvalue weighted by atomic mass is 16.5. The maximum Gasteiger partial charge on any atom is 0.320 e. The number of hydrogen-bond donors (Lipinski definition) is 1. The summed E-state index contributed by atoms with van der Waals surface area (Å²) < 4.78 is 17.9. The van der Waals surface area contributed by atoms with Crippen LogP contribution in [0.2, 0.25) is 0 Å². The lowest BCUT2D eigenvalue weighted by Crippen LogP contribution is -2.10. The summed E-state index contributed by atoms with van der Waals surface area (Å²) in [6.45, 7) is 3.54. The van der Waals surface area contributed by atoms with E-state index in [1.807, 2.05) is 28.8 Å². The van der Waals surface area contributed by atoms with Gasteiger partial charge in [-0.15, -0.1) is 0 Å². The Bertz CT molecular complexity index is 973. The molecule has 0 aliphatic heterocycles. The first-order chi connectivity index (χ1) is 14.1. The summed E-state index contributed by atoms with van der Waals surface area (Å²) >= 11 is 0. The van der Waals surface area contributed by atoms with E-state index in [9.17, 15) is 4.79 Å². The smallest absolute Gasteiger partial charge is 0.320 e. The summed E-state index contributed by atoms with van der Waals surface area (Å²) in [7, 11) is 1.37. The minimum Gasteiger partial charge on any atom is -0.492 e. The highest BCUT2D eigenvalue weighted by Crippen LogP contribution is 2.20. The van der Waals surface area contributed by atoms with Crippen LogP contribution in [0, 0.1) is 0 Å². The van der Waals surface area contributed by atoms with Gasteiger partial charge in [-0.05, 0) is 24.1 Å². The molecule has 0 saturated heterocycles. The molecule has 0 unspecified atom stereocenters. The minimum absolute atomic E-state index is 0.205. The number of benzene rings is 1. The number of nitrogens with zero attached hydrogens (tertiary/aromatic N) is 4. The highest BCUT2D eigenvalue weighted by Gasteiger charge is 2.12. The number of ether oxygens (including phenoxy) is 3. The number of aromatic nitrogens is 4. The van der Waals surface area contributed by atoms with Crippen LogP contribution in [0.4, 0.5) is 5.82 Å². The van der Waals surface area contributed by atoms with Crippen molar-refractivity contribution in [3.05, 3.63) is 36.2 Å². The monoisotopic (exact) mass is 399 g/mol. The second-order valence-electron chi connectivity index (χ2n) is 6.45. The molecule has 2 aromatic heterocycles. The number of methoxy groups -OCH3 is 1. The van der Waals surface area contributed by atoms with Crippen LogP contribution in [0.5, 0.6) is 11.8 Å². The molecule has 2 N–H and O–H groups in total. The number of esters is 1. The second-order valence-corrected chi connectivity index (χ2v) is 6.45. The lowest BCUT2D eigenvalue weighted by atomic mass is 10.1. The molecule has 29 heavy (non-hydrogen) atoms. The molecule has 1 aromatic carbocycles. The van der Waals surface area contributed by atoms with Crippen molar-refractivity contribution in [3.8, 4) is 11.8 Å². The molecule has 0 bridgehead atoms. The minimum atomic E-state index is -0.290. The van der Waals surface area contributed by atoms with Gasteiger partial charge in [-0.3, -0.25) is 4.79 Å². The molecule has 0 amide bonds. The van der Waals surface area contributed by atoms with Crippen molar-refractivity contribution in [1.29, 1.82) is 0 Å². The normalized spacial score (nSPS) is 10.8. The van der Waals surface area contributed by atoms with Gasteiger partial charge in [0, 0.05) is 0 Å². The van der Waals surface area contributed by atoms with E-state index in [0.29, 0.717) is 36.7 Å². The molecule has 3 rings (SSSR count). The van der Waals surface area contributed by atoms with E-state index in [1.165, 1.54) is 7.11 Å². The van der Waals surface area contributed by atoms with Crippen molar-refractivity contribution < 1.29 is 19.0 Å². The maximum atomic E-state index is 11.4. The quantitative estimate of drug-likeness (QED) is 0.408. The average molecular weight is 399 g/mol. The zero-order valence-corrected chi connectivity index (χ0v) is 16.6. The van der Waals surface area contributed by atoms with Gasteiger partial charge in [-0.1, -0.05) is 25.5 Å². The molecule has 2 heterocycles. The fourth-order valence-electron chi connectivity index (χ4n) is 2.73. The number of anilines is 1. The standard InChI is InChI=1S/C20H25N5O4/c1-3-4-9-29-20-23-18(21)17-19(24-20)25(13-22-17)8-10-28-15-7-5-6-14(11-15)12-16(26)27-2/h5-7,11,13H,3-4,8-10,12H2,1-2H3,(H2,21,23,24).